The first-order valence-corrected chi connectivity index (χ1v) is 8.51. The summed E-state index contributed by atoms with van der Waals surface area (Å²) in [6.07, 6.45) is 1.19. The van der Waals surface area contributed by atoms with E-state index in [0.717, 1.165) is 17.0 Å². The topological polar surface area (TPSA) is 83.6 Å². The molecule has 2 aromatic rings. The zero-order valence-corrected chi connectivity index (χ0v) is 14.4. The number of aryl methyl sites for hydroxylation is 2. The highest BCUT2D eigenvalue weighted by Crippen LogP contribution is 2.27. The number of rotatable bonds is 5. The van der Waals surface area contributed by atoms with Crippen molar-refractivity contribution >= 4 is 11.9 Å². The first-order valence-electron chi connectivity index (χ1n) is 8.51. The SMILES string of the molecule is Cc1nc(CCC(=O)N2CCC(C(=O)O)C2C)oc1-c1ccccc1. The number of carboxylic acid groups (broad SMARTS) is 1. The lowest BCUT2D eigenvalue weighted by atomic mass is 10.0. The van der Waals surface area contributed by atoms with Gasteiger partial charge in [0, 0.05) is 31.0 Å². The maximum absolute atomic E-state index is 12.4. The van der Waals surface area contributed by atoms with E-state index in [1.165, 1.54) is 0 Å². The van der Waals surface area contributed by atoms with E-state index in [-0.39, 0.29) is 18.4 Å². The van der Waals surface area contributed by atoms with Crippen LogP contribution in [0.3, 0.4) is 0 Å². The normalized spacial score (nSPS) is 20.0. The van der Waals surface area contributed by atoms with Gasteiger partial charge < -0.3 is 14.4 Å². The molecule has 0 aliphatic carbocycles. The summed E-state index contributed by atoms with van der Waals surface area (Å²) in [6.45, 7) is 4.18. The van der Waals surface area contributed by atoms with Gasteiger partial charge in [0.05, 0.1) is 11.6 Å². The first-order chi connectivity index (χ1) is 12.0. The van der Waals surface area contributed by atoms with Gasteiger partial charge in [0.15, 0.2) is 11.7 Å². The summed E-state index contributed by atoms with van der Waals surface area (Å²) in [7, 11) is 0. The van der Waals surface area contributed by atoms with E-state index in [1.54, 1.807) is 11.8 Å². The Balaban J connectivity index is 1.63. The Morgan fingerprint density at radius 3 is 2.68 bits per heavy atom. The summed E-state index contributed by atoms with van der Waals surface area (Å²) in [5.41, 5.74) is 1.76. The van der Waals surface area contributed by atoms with Gasteiger partial charge in [0.1, 0.15) is 0 Å². The molecule has 6 heteroatoms. The molecule has 2 heterocycles. The second-order valence-electron chi connectivity index (χ2n) is 6.45. The summed E-state index contributed by atoms with van der Waals surface area (Å²) >= 11 is 0. The predicted molar refractivity (Wildman–Crippen MR) is 91.9 cm³/mol. The predicted octanol–water partition coefficient (Wildman–Crippen LogP) is 2.90. The number of benzene rings is 1. The Bertz CT molecular complexity index is 769. The van der Waals surface area contributed by atoms with Gasteiger partial charge in [-0.15, -0.1) is 0 Å². The lowest BCUT2D eigenvalue weighted by Gasteiger charge is -2.23. The van der Waals surface area contributed by atoms with E-state index in [4.69, 9.17) is 9.52 Å². The second kappa shape index (κ2) is 7.09. The van der Waals surface area contributed by atoms with Crippen LogP contribution in [0.5, 0.6) is 0 Å². The van der Waals surface area contributed by atoms with Gasteiger partial charge >= 0.3 is 5.97 Å². The van der Waals surface area contributed by atoms with Crippen molar-refractivity contribution in [1.29, 1.82) is 0 Å². The van der Waals surface area contributed by atoms with Gasteiger partial charge in [-0.25, -0.2) is 4.98 Å². The summed E-state index contributed by atoms with van der Waals surface area (Å²) in [4.78, 5) is 29.7. The molecule has 132 valence electrons. The summed E-state index contributed by atoms with van der Waals surface area (Å²) in [5, 5.41) is 9.17. The highest BCUT2D eigenvalue weighted by Gasteiger charge is 2.37. The molecule has 1 fully saturated rings. The number of carbonyl (C=O) groups is 2. The fraction of sp³-hybridized carbons (Fsp3) is 0.421. The van der Waals surface area contributed by atoms with E-state index in [1.807, 2.05) is 37.3 Å². The summed E-state index contributed by atoms with van der Waals surface area (Å²) in [6, 6.07) is 9.47. The molecule has 1 aromatic heterocycles. The highest BCUT2D eigenvalue weighted by atomic mass is 16.4. The number of likely N-dealkylation sites (tertiary alicyclic amines) is 1. The Labute approximate surface area is 146 Å². The minimum atomic E-state index is -0.835. The van der Waals surface area contributed by atoms with Crippen LogP contribution in [0.15, 0.2) is 34.7 Å². The van der Waals surface area contributed by atoms with Crippen molar-refractivity contribution in [3.63, 3.8) is 0 Å². The van der Waals surface area contributed by atoms with E-state index < -0.39 is 11.9 Å². The first kappa shape index (κ1) is 17.2. The zero-order chi connectivity index (χ0) is 18.0. The summed E-state index contributed by atoms with van der Waals surface area (Å²) < 4.78 is 5.82. The minimum Gasteiger partial charge on any atom is -0.481 e. The fourth-order valence-electron chi connectivity index (χ4n) is 3.40. The van der Waals surface area contributed by atoms with Crippen molar-refractivity contribution in [2.75, 3.05) is 6.54 Å². The third-order valence-electron chi connectivity index (χ3n) is 4.82. The molecule has 1 aliphatic rings. The standard InChI is InChI=1S/C19H22N2O4/c1-12-18(14-6-4-3-5-7-14)25-16(20-12)8-9-17(22)21-11-10-15(13(21)2)19(23)24/h3-7,13,15H,8-11H2,1-2H3,(H,23,24). The molecule has 0 saturated carbocycles. The molecule has 1 amide bonds. The number of carboxylic acids is 1. The Morgan fingerprint density at radius 2 is 2.04 bits per heavy atom. The molecule has 2 atom stereocenters. The van der Waals surface area contributed by atoms with E-state index in [0.29, 0.717) is 25.3 Å². The van der Waals surface area contributed by atoms with Gasteiger partial charge in [-0.05, 0) is 20.3 Å². The third-order valence-corrected chi connectivity index (χ3v) is 4.82. The van der Waals surface area contributed by atoms with E-state index in [2.05, 4.69) is 4.98 Å². The van der Waals surface area contributed by atoms with Crippen LogP contribution in [0.1, 0.15) is 31.4 Å². The number of hydrogen-bond acceptors (Lipinski definition) is 4. The van der Waals surface area contributed by atoms with E-state index >= 15 is 0 Å². The number of amides is 1. The number of carbonyl (C=O) groups excluding carboxylic acids is 1. The van der Waals surface area contributed by atoms with E-state index in [9.17, 15) is 9.59 Å². The number of hydrogen-bond donors (Lipinski definition) is 1. The Morgan fingerprint density at radius 1 is 1.32 bits per heavy atom. The van der Waals surface area contributed by atoms with Crippen LogP contribution in [-0.4, -0.2) is 39.5 Å². The third kappa shape index (κ3) is 3.57. The van der Waals surface area contributed by atoms with Crippen LogP contribution < -0.4 is 0 Å². The molecular formula is C19H22N2O4. The molecule has 1 aliphatic heterocycles. The van der Waals surface area contributed by atoms with Crippen molar-refractivity contribution in [3.8, 4) is 11.3 Å². The monoisotopic (exact) mass is 342 g/mol. The maximum Gasteiger partial charge on any atom is 0.308 e. The molecule has 0 bridgehead atoms. The quantitative estimate of drug-likeness (QED) is 0.903. The minimum absolute atomic E-state index is 0.0478. The number of nitrogens with zero attached hydrogens (tertiary/aromatic N) is 2. The molecule has 1 N–H and O–H groups in total. The number of oxazole rings is 1. The highest BCUT2D eigenvalue weighted by molar-refractivity contribution is 5.79. The van der Waals surface area contributed by atoms with Gasteiger partial charge in [0.25, 0.3) is 0 Å². The van der Waals surface area contributed by atoms with Crippen molar-refractivity contribution in [2.45, 2.75) is 39.2 Å². The Kier molecular flexibility index (Phi) is 4.88. The molecule has 6 nitrogen and oxygen atoms in total. The van der Waals surface area contributed by atoms with Gasteiger partial charge in [0.2, 0.25) is 5.91 Å². The van der Waals surface area contributed by atoms with Crippen molar-refractivity contribution in [1.82, 2.24) is 9.88 Å². The number of aromatic nitrogens is 1. The van der Waals surface area contributed by atoms with Gasteiger partial charge in [-0.3, -0.25) is 9.59 Å². The van der Waals surface area contributed by atoms with Crippen LogP contribution in [-0.2, 0) is 16.0 Å². The van der Waals surface area contributed by atoms with Crippen LogP contribution in [0.25, 0.3) is 11.3 Å². The molecule has 3 rings (SSSR count). The molecule has 0 radical (unpaired) electrons. The van der Waals surface area contributed by atoms with Crippen molar-refractivity contribution < 1.29 is 19.1 Å². The van der Waals surface area contributed by atoms with Crippen molar-refractivity contribution in [2.24, 2.45) is 5.92 Å². The summed E-state index contributed by atoms with van der Waals surface area (Å²) in [5.74, 6) is -0.0977. The molecule has 1 aromatic carbocycles. The average Bonchev–Trinajstić information content (AvgIpc) is 3.16. The van der Waals surface area contributed by atoms with Crippen LogP contribution in [0.4, 0.5) is 0 Å². The maximum atomic E-state index is 12.4. The largest absolute Gasteiger partial charge is 0.481 e. The molecule has 0 spiro atoms. The van der Waals surface area contributed by atoms with Crippen LogP contribution in [0.2, 0.25) is 0 Å². The average molecular weight is 342 g/mol. The fourth-order valence-corrected chi connectivity index (χ4v) is 3.40. The van der Waals surface area contributed by atoms with Crippen LogP contribution >= 0.6 is 0 Å². The van der Waals surface area contributed by atoms with Crippen molar-refractivity contribution in [3.05, 3.63) is 41.9 Å². The Hall–Kier alpha value is -2.63. The lowest BCUT2D eigenvalue weighted by molar-refractivity contribution is -0.143. The van der Waals surface area contributed by atoms with Gasteiger partial charge in [-0.1, -0.05) is 30.3 Å². The lowest BCUT2D eigenvalue weighted by Crippen LogP contribution is -2.37. The molecule has 2 unspecified atom stereocenters. The molecule has 25 heavy (non-hydrogen) atoms. The van der Waals surface area contributed by atoms with Crippen LogP contribution in [0, 0.1) is 12.8 Å². The second-order valence-corrected chi connectivity index (χ2v) is 6.45. The van der Waals surface area contributed by atoms with Gasteiger partial charge in [-0.2, -0.15) is 0 Å². The number of aliphatic carboxylic acids is 1. The smallest absolute Gasteiger partial charge is 0.308 e. The zero-order valence-electron chi connectivity index (χ0n) is 14.4. The molecular weight excluding hydrogens is 320 g/mol. The molecule has 1 saturated heterocycles.